The molecule has 0 fully saturated rings. The molecule has 0 saturated heterocycles. The van der Waals surface area contributed by atoms with Crippen molar-refractivity contribution in [2.75, 3.05) is 0 Å². The van der Waals surface area contributed by atoms with Gasteiger partial charge in [0.25, 0.3) is 0 Å². The molecule has 18 heavy (non-hydrogen) atoms. The molecule has 3 N–H and O–H groups in total. The molecule has 0 bridgehead atoms. The van der Waals surface area contributed by atoms with Gasteiger partial charge in [-0.15, -0.1) is 0 Å². The Morgan fingerprint density at radius 2 is 1.83 bits per heavy atom. The van der Waals surface area contributed by atoms with E-state index in [4.69, 9.17) is 5.73 Å². The highest BCUT2D eigenvalue weighted by Crippen LogP contribution is 2.05. The van der Waals surface area contributed by atoms with Crippen molar-refractivity contribution in [1.29, 1.82) is 0 Å². The first-order valence-electron chi connectivity index (χ1n) is 6.14. The van der Waals surface area contributed by atoms with Gasteiger partial charge in [-0.1, -0.05) is 44.2 Å². The highest BCUT2D eigenvalue weighted by Gasteiger charge is 2.19. The number of nitrogens with one attached hydrogen (secondary N) is 1. The van der Waals surface area contributed by atoms with Crippen molar-refractivity contribution in [3.8, 4) is 0 Å². The molecule has 0 spiro atoms. The van der Waals surface area contributed by atoms with Crippen LogP contribution in [0.1, 0.15) is 25.8 Å². The van der Waals surface area contributed by atoms with E-state index in [2.05, 4.69) is 5.32 Å². The monoisotopic (exact) mass is 248 g/mol. The van der Waals surface area contributed by atoms with Crippen molar-refractivity contribution in [3.63, 3.8) is 0 Å². The predicted octanol–water partition coefficient (Wildman–Crippen LogP) is 1.25. The topological polar surface area (TPSA) is 72.2 Å². The lowest BCUT2D eigenvalue weighted by atomic mass is 10.0. The molecule has 0 aliphatic carbocycles. The highest BCUT2D eigenvalue weighted by atomic mass is 16.2. The van der Waals surface area contributed by atoms with Gasteiger partial charge in [0.1, 0.15) is 6.04 Å². The molecule has 1 atom stereocenters. The Kier molecular flexibility index (Phi) is 5.36. The molecular formula is C14H20N2O2. The van der Waals surface area contributed by atoms with Gasteiger partial charge in [0.2, 0.25) is 11.8 Å². The largest absolute Gasteiger partial charge is 0.368 e. The number of amides is 2. The minimum Gasteiger partial charge on any atom is -0.368 e. The van der Waals surface area contributed by atoms with Crippen molar-refractivity contribution in [2.24, 2.45) is 11.7 Å². The lowest BCUT2D eigenvalue weighted by Crippen LogP contribution is -2.46. The third kappa shape index (κ3) is 4.57. The highest BCUT2D eigenvalue weighted by molar-refractivity contribution is 5.87. The van der Waals surface area contributed by atoms with Gasteiger partial charge in [-0.3, -0.25) is 9.59 Å². The van der Waals surface area contributed by atoms with Crippen molar-refractivity contribution in [1.82, 2.24) is 5.32 Å². The van der Waals surface area contributed by atoms with Crippen LogP contribution in [0.2, 0.25) is 0 Å². The van der Waals surface area contributed by atoms with Crippen LogP contribution in [0, 0.1) is 5.92 Å². The Morgan fingerprint density at radius 3 is 2.33 bits per heavy atom. The SMILES string of the molecule is CC(C)C(=O)N[C@H](CCc1ccccc1)C(N)=O. The average molecular weight is 248 g/mol. The zero-order valence-corrected chi connectivity index (χ0v) is 10.8. The number of hydrogen-bond acceptors (Lipinski definition) is 2. The summed E-state index contributed by atoms with van der Waals surface area (Å²) in [6.07, 6.45) is 1.24. The van der Waals surface area contributed by atoms with Crippen molar-refractivity contribution in [2.45, 2.75) is 32.7 Å². The van der Waals surface area contributed by atoms with Crippen LogP contribution in [0.25, 0.3) is 0 Å². The summed E-state index contributed by atoms with van der Waals surface area (Å²) in [7, 11) is 0. The van der Waals surface area contributed by atoms with E-state index in [1.54, 1.807) is 13.8 Å². The van der Waals surface area contributed by atoms with Gasteiger partial charge < -0.3 is 11.1 Å². The summed E-state index contributed by atoms with van der Waals surface area (Å²) in [5.74, 6) is -0.782. The second-order valence-electron chi connectivity index (χ2n) is 4.64. The zero-order valence-electron chi connectivity index (χ0n) is 10.8. The Balaban J connectivity index is 2.54. The number of hydrogen-bond donors (Lipinski definition) is 2. The van der Waals surface area contributed by atoms with Crippen LogP contribution < -0.4 is 11.1 Å². The molecule has 4 nitrogen and oxygen atoms in total. The predicted molar refractivity (Wildman–Crippen MR) is 70.7 cm³/mol. The molecule has 0 unspecified atom stereocenters. The van der Waals surface area contributed by atoms with E-state index < -0.39 is 11.9 Å². The van der Waals surface area contributed by atoms with Crippen LogP contribution in [0.3, 0.4) is 0 Å². The minimum atomic E-state index is -0.597. The second kappa shape index (κ2) is 6.79. The molecule has 0 saturated carbocycles. The molecule has 1 rings (SSSR count). The van der Waals surface area contributed by atoms with Crippen LogP contribution in [0.15, 0.2) is 30.3 Å². The Labute approximate surface area is 108 Å². The molecule has 98 valence electrons. The fraction of sp³-hybridized carbons (Fsp3) is 0.429. The van der Waals surface area contributed by atoms with Crippen molar-refractivity contribution >= 4 is 11.8 Å². The average Bonchev–Trinajstić information content (AvgIpc) is 2.34. The maximum atomic E-state index is 11.6. The number of benzene rings is 1. The van der Waals surface area contributed by atoms with Gasteiger partial charge in [-0.25, -0.2) is 0 Å². The lowest BCUT2D eigenvalue weighted by molar-refractivity contribution is -0.129. The quantitative estimate of drug-likeness (QED) is 0.795. The van der Waals surface area contributed by atoms with Gasteiger partial charge >= 0.3 is 0 Å². The number of carbonyl (C=O) groups is 2. The van der Waals surface area contributed by atoms with Gasteiger partial charge in [-0.05, 0) is 18.4 Å². The Morgan fingerprint density at radius 1 is 1.22 bits per heavy atom. The van der Waals surface area contributed by atoms with Gasteiger partial charge in [-0.2, -0.15) is 0 Å². The fourth-order valence-electron chi connectivity index (χ4n) is 1.58. The molecule has 1 aromatic carbocycles. The molecule has 0 aliphatic rings. The summed E-state index contributed by atoms with van der Waals surface area (Å²) < 4.78 is 0. The van der Waals surface area contributed by atoms with Crippen LogP contribution in [0.5, 0.6) is 0 Å². The third-order valence-electron chi connectivity index (χ3n) is 2.75. The summed E-state index contributed by atoms with van der Waals surface area (Å²) in [6, 6.07) is 9.21. The van der Waals surface area contributed by atoms with Gasteiger partial charge in [0.05, 0.1) is 0 Å². The van der Waals surface area contributed by atoms with E-state index in [0.29, 0.717) is 12.8 Å². The summed E-state index contributed by atoms with van der Waals surface area (Å²) >= 11 is 0. The lowest BCUT2D eigenvalue weighted by Gasteiger charge is -2.16. The molecule has 4 heteroatoms. The number of carbonyl (C=O) groups excluding carboxylic acids is 2. The van der Waals surface area contributed by atoms with E-state index in [1.165, 1.54) is 0 Å². The van der Waals surface area contributed by atoms with E-state index in [0.717, 1.165) is 5.56 Å². The van der Waals surface area contributed by atoms with Crippen molar-refractivity contribution < 1.29 is 9.59 Å². The number of aryl methyl sites for hydroxylation is 1. The van der Waals surface area contributed by atoms with Crippen LogP contribution >= 0.6 is 0 Å². The van der Waals surface area contributed by atoms with E-state index in [-0.39, 0.29) is 11.8 Å². The minimum absolute atomic E-state index is 0.146. The first-order valence-corrected chi connectivity index (χ1v) is 6.14. The summed E-state index contributed by atoms with van der Waals surface area (Å²) in [6.45, 7) is 3.56. The van der Waals surface area contributed by atoms with Crippen LogP contribution in [-0.4, -0.2) is 17.9 Å². The first-order chi connectivity index (χ1) is 8.50. The van der Waals surface area contributed by atoms with Gasteiger partial charge in [0, 0.05) is 5.92 Å². The summed E-state index contributed by atoms with van der Waals surface area (Å²) in [5, 5.41) is 2.67. The molecule has 0 aliphatic heterocycles. The standard InChI is InChI=1S/C14H20N2O2/c1-10(2)14(18)16-12(13(15)17)9-8-11-6-4-3-5-7-11/h3-7,10,12H,8-9H2,1-2H3,(H2,15,17)(H,16,18)/t12-/m1/s1. The van der Waals surface area contributed by atoms with E-state index >= 15 is 0 Å². The molecule has 2 amide bonds. The van der Waals surface area contributed by atoms with Crippen LogP contribution in [-0.2, 0) is 16.0 Å². The zero-order chi connectivity index (χ0) is 13.5. The molecule has 1 aromatic rings. The van der Waals surface area contributed by atoms with Crippen molar-refractivity contribution in [3.05, 3.63) is 35.9 Å². The maximum absolute atomic E-state index is 11.6. The van der Waals surface area contributed by atoms with E-state index in [1.807, 2.05) is 30.3 Å². The maximum Gasteiger partial charge on any atom is 0.240 e. The smallest absolute Gasteiger partial charge is 0.240 e. The number of primary amides is 1. The summed E-state index contributed by atoms with van der Waals surface area (Å²) in [4.78, 5) is 22.8. The molecule has 0 aromatic heterocycles. The molecular weight excluding hydrogens is 228 g/mol. The number of nitrogens with two attached hydrogens (primary N) is 1. The molecule has 0 heterocycles. The second-order valence-corrected chi connectivity index (χ2v) is 4.64. The summed E-state index contributed by atoms with van der Waals surface area (Å²) in [5.41, 5.74) is 6.42. The molecule has 0 radical (unpaired) electrons. The third-order valence-corrected chi connectivity index (χ3v) is 2.75. The normalized spacial score (nSPS) is 12.2. The van der Waals surface area contributed by atoms with Crippen LogP contribution in [0.4, 0.5) is 0 Å². The van der Waals surface area contributed by atoms with E-state index in [9.17, 15) is 9.59 Å². The number of rotatable bonds is 6. The Hall–Kier alpha value is -1.84. The van der Waals surface area contributed by atoms with Gasteiger partial charge in [0.15, 0.2) is 0 Å². The first kappa shape index (κ1) is 14.2. The Bertz CT molecular complexity index is 402. The fourth-order valence-corrected chi connectivity index (χ4v) is 1.58.